The number of halogens is 1. The molecule has 0 saturated carbocycles. The van der Waals surface area contributed by atoms with Gasteiger partial charge in [0.15, 0.2) is 0 Å². The molecule has 0 amide bonds. The topological polar surface area (TPSA) is 52.0 Å². The molecule has 1 aliphatic rings. The second-order valence-corrected chi connectivity index (χ2v) is 9.02. The van der Waals surface area contributed by atoms with Crippen molar-refractivity contribution in [3.05, 3.63) is 41.2 Å². The summed E-state index contributed by atoms with van der Waals surface area (Å²) in [5.41, 5.74) is 2.42. The third-order valence-corrected chi connectivity index (χ3v) is 6.49. The zero-order chi connectivity index (χ0) is 15.2. The highest BCUT2D eigenvalue weighted by atomic mass is 35.7. The molecule has 0 N–H and O–H groups in total. The Labute approximate surface area is 132 Å². The smallest absolute Gasteiger partial charge is 0.264 e. The number of aryl methyl sites for hydroxylation is 1. The number of thioether (sulfide) groups is 1. The largest absolute Gasteiger partial charge is 0.267 e. The molecule has 0 aliphatic carbocycles. The Morgan fingerprint density at radius 2 is 2.10 bits per heavy atom. The second kappa shape index (κ2) is 5.34. The maximum atomic E-state index is 11.6. The Morgan fingerprint density at radius 3 is 2.71 bits per heavy atom. The summed E-state index contributed by atoms with van der Waals surface area (Å²) < 4.78 is 25.0. The molecule has 1 aliphatic heterocycles. The van der Waals surface area contributed by atoms with Crippen molar-refractivity contribution >= 4 is 31.5 Å². The van der Waals surface area contributed by atoms with Gasteiger partial charge in [-0.1, -0.05) is 18.2 Å². The third kappa shape index (κ3) is 2.84. The lowest BCUT2D eigenvalue weighted by Crippen LogP contribution is -2.15. The summed E-state index contributed by atoms with van der Waals surface area (Å²) in [5.74, 6) is 0. The first-order valence-corrected chi connectivity index (χ1v) is 9.78. The molecule has 0 saturated heterocycles. The van der Waals surface area contributed by atoms with Gasteiger partial charge in [0.1, 0.15) is 4.90 Å². The van der Waals surface area contributed by atoms with Gasteiger partial charge < -0.3 is 0 Å². The van der Waals surface area contributed by atoms with Crippen molar-refractivity contribution < 1.29 is 8.42 Å². The van der Waals surface area contributed by atoms with Crippen LogP contribution in [-0.2, 0) is 22.0 Å². The number of rotatable bonds is 3. The lowest BCUT2D eigenvalue weighted by atomic mass is 10.1. The van der Waals surface area contributed by atoms with Crippen molar-refractivity contribution in [1.82, 2.24) is 9.78 Å². The molecule has 112 valence electrons. The van der Waals surface area contributed by atoms with Crippen molar-refractivity contribution in [3.8, 4) is 0 Å². The molecule has 2 aromatic rings. The summed E-state index contributed by atoms with van der Waals surface area (Å²) in [5, 5.41) is 4.71. The molecular formula is C14H15ClN2O2S2. The summed E-state index contributed by atoms with van der Waals surface area (Å²) >= 11 is 1.82. The van der Waals surface area contributed by atoms with Crippen molar-refractivity contribution in [2.24, 2.45) is 0 Å². The van der Waals surface area contributed by atoms with E-state index in [0.717, 1.165) is 6.42 Å². The molecule has 0 fully saturated rings. The van der Waals surface area contributed by atoms with Crippen LogP contribution in [0.25, 0.3) is 0 Å². The normalized spacial score (nSPS) is 18.0. The van der Waals surface area contributed by atoms with Crippen LogP contribution in [0.1, 0.15) is 17.0 Å². The van der Waals surface area contributed by atoms with E-state index < -0.39 is 9.05 Å². The van der Waals surface area contributed by atoms with Crippen molar-refractivity contribution in [2.45, 2.75) is 41.9 Å². The van der Waals surface area contributed by atoms with Crippen LogP contribution in [-0.4, -0.2) is 23.4 Å². The molecule has 1 unspecified atom stereocenters. The van der Waals surface area contributed by atoms with Gasteiger partial charge in [0, 0.05) is 20.8 Å². The molecule has 1 atom stereocenters. The maximum Gasteiger partial charge on any atom is 0.264 e. The first kappa shape index (κ1) is 14.9. The third-order valence-electron chi connectivity index (χ3n) is 3.65. The lowest BCUT2D eigenvalue weighted by molar-refractivity contribution is 0.574. The number of benzene rings is 1. The highest BCUT2D eigenvalue weighted by Crippen LogP contribution is 2.37. The summed E-state index contributed by atoms with van der Waals surface area (Å²) in [4.78, 5) is 1.44. The number of aromatic nitrogens is 2. The van der Waals surface area contributed by atoms with Gasteiger partial charge in [-0.05, 0) is 31.9 Å². The Morgan fingerprint density at radius 1 is 1.38 bits per heavy atom. The lowest BCUT2D eigenvalue weighted by Gasteiger charge is -2.10. The summed E-state index contributed by atoms with van der Waals surface area (Å²) in [7, 11) is 1.74. The van der Waals surface area contributed by atoms with Crippen LogP contribution in [0.15, 0.2) is 34.1 Å². The summed E-state index contributed by atoms with van der Waals surface area (Å²) in [6.45, 7) is 4.11. The molecule has 4 nitrogen and oxygen atoms in total. The minimum atomic E-state index is -3.75. The monoisotopic (exact) mass is 342 g/mol. The van der Waals surface area contributed by atoms with E-state index in [1.165, 1.54) is 10.5 Å². The highest BCUT2D eigenvalue weighted by Gasteiger charge is 2.26. The van der Waals surface area contributed by atoms with Gasteiger partial charge in [0.05, 0.1) is 17.9 Å². The Bertz CT molecular complexity index is 774. The van der Waals surface area contributed by atoms with Crippen LogP contribution >= 0.6 is 22.4 Å². The molecule has 1 aromatic carbocycles. The van der Waals surface area contributed by atoms with Crippen LogP contribution in [0, 0.1) is 13.8 Å². The predicted molar refractivity (Wildman–Crippen MR) is 84.5 cm³/mol. The number of hydrogen-bond donors (Lipinski definition) is 0. The van der Waals surface area contributed by atoms with E-state index in [9.17, 15) is 8.42 Å². The van der Waals surface area contributed by atoms with Crippen LogP contribution in [0.2, 0.25) is 0 Å². The first-order valence-electron chi connectivity index (χ1n) is 6.59. The molecule has 3 rings (SSSR count). The van der Waals surface area contributed by atoms with Gasteiger partial charge in [0.25, 0.3) is 9.05 Å². The number of nitrogens with zero attached hydrogens (tertiary/aromatic N) is 2. The Balaban J connectivity index is 1.85. The van der Waals surface area contributed by atoms with Crippen LogP contribution in [0.5, 0.6) is 0 Å². The summed E-state index contributed by atoms with van der Waals surface area (Å²) in [6.07, 6.45) is 0.974. The zero-order valence-electron chi connectivity index (χ0n) is 11.7. The standard InChI is InChI=1S/C14H15ClN2O2S2/c1-9-14(21(15,18)19)10(2)17(16-9)8-12-7-11-5-3-4-6-13(11)20-12/h3-6,12H,7-8H2,1-2H3. The number of hydrogen-bond acceptors (Lipinski definition) is 4. The average Bonchev–Trinajstić information content (AvgIpc) is 2.89. The van der Waals surface area contributed by atoms with Crippen molar-refractivity contribution in [1.29, 1.82) is 0 Å². The van der Waals surface area contributed by atoms with Crippen molar-refractivity contribution in [2.75, 3.05) is 0 Å². The van der Waals surface area contributed by atoms with Gasteiger partial charge in [-0.3, -0.25) is 4.68 Å². The van der Waals surface area contributed by atoms with Crippen LogP contribution < -0.4 is 0 Å². The quantitative estimate of drug-likeness (QED) is 0.804. The minimum absolute atomic E-state index is 0.143. The molecule has 1 aromatic heterocycles. The van der Waals surface area contributed by atoms with Gasteiger partial charge in [-0.25, -0.2) is 8.42 Å². The van der Waals surface area contributed by atoms with E-state index in [0.29, 0.717) is 23.2 Å². The van der Waals surface area contributed by atoms with Gasteiger partial charge in [-0.2, -0.15) is 5.10 Å². The van der Waals surface area contributed by atoms with E-state index in [4.69, 9.17) is 10.7 Å². The fourth-order valence-electron chi connectivity index (χ4n) is 2.76. The van der Waals surface area contributed by atoms with E-state index >= 15 is 0 Å². The molecule has 7 heteroatoms. The Kier molecular flexibility index (Phi) is 3.80. The van der Waals surface area contributed by atoms with Gasteiger partial charge in [-0.15, -0.1) is 11.8 Å². The van der Waals surface area contributed by atoms with Gasteiger partial charge >= 0.3 is 0 Å². The predicted octanol–water partition coefficient (Wildman–Crippen LogP) is 3.14. The van der Waals surface area contributed by atoms with Gasteiger partial charge in [0.2, 0.25) is 0 Å². The van der Waals surface area contributed by atoms with E-state index in [2.05, 4.69) is 17.2 Å². The Hall–Kier alpha value is -0.980. The van der Waals surface area contributed by atoms with Crippen LogP contribution in [0.4, 0.5) is 0 Å². The minimum Gasteiger partial charge on any atom is -0.267 e. The molecule has 0 bridgehead atoms. The van der Waals surface area contributed by atoms with E-state index in [1.807, 2.05) is 23.9 Å². The van der Waals surface area contributed by atoms with Crippen LogP contribution in [0.3, 0.4) is 0 Å². The van der Waals surface area contributed by atoms with E-state index in [-0.39, 0.29) is 4.90 Å². The fraction of sp³-hybridized carbons (Fsp3) is 0.357. The second-order valence-electron chi connectivity index (χ2n) is 5.17. The molecule has 0 spiro atoms. The fourth-order valence-corrected chi connectivity index (χ4v) is 5.58. The SMILES string of the molecule is Cc1nn(CC2Cc3ccccc3S2)c(C)c1S(=O)(=O)Cl. The molecule has 2 heterocycles. The highest BCUT2D eigenvalue weighted by molar-refractivity contribution is 8.13. The van der Waals surface area contributed by atoms with Crippen molar-refractivity contribution in [3.63, 3.8) is 0 Å². The summed E-state index contributed by atoms with van der Waals surface area (Å²) in [6, 6.07) is 8.34. The maximum absolute atomic E-state index is 11.6. The number of fused-ring (bicyclic) bond motifs is 1. The molecule has 0 radical (unpaired) electrons. The molecule has 21 heavy (non-hydrogen) atoms. The zero-order valence-corrected chi connectivity index (χ0v) is 14.1. The average molecular weight is 343 g/mol. The molecular weight excluding hydrogens is 328 g/mol. The first-order chi connectivity index (χ1) is 9.86. The van der Waals surface area contributed by atoms with E-state index in [1.54, 1.807) is 18.5 Å².